The van der Waals surface area contributed by atoms with Crippen molar-refractivity contribution >= 4 is 11.4 Å². The van der Waals surface area contributed by atoms with Crippen LogP contribution in [0.5, 0.6) is 11.5 Å². The van der Waals surface area contributed by atoms with E-state index in [0.717, 1.165) is 11.4 Å². The topological polar surface area (TPSA) is 111 Å². The lowest BCUT2D eigenvalue weighted by molar-refractivity contribution is -0.378. The first kappa shape index (κ1) is 21.4. The van der Waals surface area contributed by atoms with Crippen molar-refractivity contribution in [2.75, 3.05) is 36.9 Å². The molecule has 6 N–H and O–H groups in total. The molecule has 3 rings (SSSR count). The minimum absolute atomic E-state index is 0.174. The smallest absolute Gasteiger partial charge is 0.169 e. The molecule has 1 aromatic carbocycles. The molecule has 0 unspecified atom stereocenters. The van der Waals surface area contributed by atoms with Gasteiger partial charge in [0.2, 0.25) is 0 Å². The normalized spacial score (nSPS) is 12.6. The molecule has 8 nitrogen and oxygen atoms in total. The monoisotopic (exact) mass is 412 g/mol. The fraction of sp³-hybridized carbons (Fsp3) is 0.273. The van der Waals surface area contributed by atoms with Crippen LogP contribution in [0.15, 0.2) is 73.3 Å². The van der Waals surface area contributed by atoms with E-state index in [9.17, 15) is 10.2 Å². The molecule has 0 aliphatic carbocycles. The number of nitrogens with one attached hydrogen (secondary N) is 4. The molecule has 0 radical (unpaired) electrons. The first-order valence-electron chi connectivity index (χ1n) is 9.81. The van der Waals surface area contributed by atoms with Crippen molar-refractivity contribution in [2.45, 2.75) is 12.2 Å². The Labute approximate surface area is 175 Å². The number of benzene rings is 1. The summed E-state index contributed by atoms with van der Waals surface area (Å²) in [5.74, 6) is 1.28. The van der Waals surface area contributed by atoms with Gasteiger partial charge in [-0.3, -0.25) is 0 Å². The average molecular weight is 412 g/mol. The Morgan fingerprint density at radius 2 is 1.00 bits per heavy atom. The van der Waals surface area contributed by atoms with Crippen molar-refractivity contribution < 1.29 is 29.7 Å². The summed E-state index contributed by atoms with van der Waals surface area (Å²) in [5.41, 5.74) is 1.85. The van der Waals surface area contributed by atoms with E-state index in [4.69, 9.17) is 9.47 Å². The van der Waals surface area contributed by atoms with Crippen LogP contribution in [0, 0.1) is 0 Å². The number of anilines is 2. The Morgan fingerprint density at radius 3 is 1.37 bits per heavy atom. The number of aliphatic hydroxyl groups is 2. The maximum Gasteiger partial charge on any atom is 0.169 e. The van der Waals surface area contributed by atoms with Gasteiger partial charge in [-0.15, -0.1) is 0 Å². The van der Waals surface area contributed by atoms with Crippen LogP contribution in [-0.2, 0) is 0 Å². The van der Waals surface area contributed by atoms with Crippen molar-refractivity contribution in [1.29, 1.82) is 0 Å². The Bertz CT molecular complexity index is 778. The molecule has 158 valence electrons. The van der Waals surface area contributed by atoms with Crippen LogP contribution < -0.4 is 30.1 Å². The summed E-state index contributed by atoms with van der Waals surface area (Å²) in [6.07, 6.45) is 5.96. The van der Waals surface area contributed by atoms with E-state index >= 15 is 0 Å². The quantitative estimate of drug-likeness (QED) is 0.353. The standard InChI is InChI=1S/C22H26N4O4/c27-19(13-25-17-5-9-23-10-6-17)15-29-21-1-2-22(4-3-21)30-16-20(28)14-26-18-7-11-24-12-8-18/h1-12,19-20,27-28H,13-16H2,(H,23,25)(H,24,26)/p+2/t19-,20-/m1/s1. The van der Waals surface area contributed by atoms with Gasteiger partial charge in [-0.05, 0) is 24.3 Å². The number of rotatable bonds is 12. The number of hydrogen-bond acceptors (Lipinski definition) is 6. The molecule has 3 aromatic rings. The molecular formula is C22H28N4O4+2. The van der Waals surface area contributed by atoms with Crippen molar-refractivity contribution in [3.05, 3.63) is 73.3 Å². The molecule has 2 atom stereocenters. The summed E-state index contributed by atoms with van der Waals surface area (Å²) >= 11 is 0. The maximum absolute atomic E-state index is 10.0. The van der Waals surface area contributed by atoms with Gasteiger partial charge in [0.1, 0.15) is 36.9 Å². The van der Waals surface area contributed by atoms with E-state index in [0.29, 0.717) is 24.6 Å². The molecule has 8 heteroatoms. The average Bonchev–Trinajstić information content (AvgIpc) is 2.80. The van der Waals surface area contributed by atoms with Gasteiger partial charge in [-0.25, -0.2) is 9.97 Å². The third-order valence-corrected chi connectivity index (χ3v) is 4.23. The lowest BCUT2D eigenvalue weighted by Crippen LogP contribution is -2.26. The highest BCUT2D eigenvalue weighted by atomic mass is 16.5. The summed E-state index contributed by atoms with van der Waals surface area (Å²) in [7, 11) is 0. The van der Waals surface area contributed by atoms with Crippen LogP contribution in [0.3, 0.4) is 0 Å². The Kier molecular flexibility index (Phi) is 8.25. The van der Waals surface area contributed by atoms with Crippen molar-refractivity contribution in [3.8, 4) is 11.5 Å². The first-order chi connectivity index (χ1) is 14.7. The van der Waals surface area contributed by atoms with Crippen molar-refractivity contribution in [3.63, 3.8) is 0 Å². The van der Waals surface area contributed by atoms with Crippen LogP contribution in [0.1, 0.15) is 0 Å². The van der Waals surface area contributed by atoms with Gasteiger partial charge < -0.3 is 30.3 Å². The van der Waals surface area contributed by atoms with Crippen LogP contribution in [0.4, 0.5) is 11.4 Å². The van der Waals surface area contributed by atoms with Crippen molar-refractivity contribution in [2.24, 2.45) is 0 Å². The Morgan fingerprint density at radius 1 is 0.633 bits per heavy atom. The molecule has 0 aliphatic heterocycles. The van der Waals surface area contributed by atoms with Crippen LogP contribution in [-0.4, -0.2) is 48.7 Å². The largest absolute Gasteiger partial charge is 0.491 e. The molecule has 0 bridgehead atoms. The number of aromatic amines is 2. The summed E-state index contributed by atoms with van der Waals surface area (Å²) in [5, 5.41) is 26.4. The van der Waals surface area contributed by atoms with Gasteiger partial charge in [0, 0.05) is 48.7 Å². The van der Waals surface area contributed by atoms with Crippen LogP contribution >= 0.6 is 0 Å². The lowest BCUT2D eigenvalue weighted by atomic mass is 10.3. The number of pyridine rings is 2. The van der Waals surface area contributed by atoms with E-state index in [2.05, 4.69) is 20.6 Å². The first-order valence-corrected chi connectivity index (χ1v) is 9.81. The third-order valence-electron chi connectivity index (χ3n) is 4.23. The number of ether oxygens (including phenoxy) is 2. The second-order valence-electron chi connectivity index (χ2n) is 6.74. The fourth-order valence-electron chi connectivity index (χ4n) is 2.62. The molecule has 0 aliphatic rings. The number of H-pyrrole nitrogens is 2. The summed E-state index contributed by atoms with van der Waals surface area (Å²) < 4.78 is 11.2. The van der Waals surface area contributed by atoms with Gasteiger partial charge in [-0.2, -0.15) is 0 Å². The zero-order chi connectivity index (χ0) is 21.0. The Hall–Kier alpha value is -3.36. The van der Waals surface area contributed by atoms with Gasteiger partial charge in [0.15, 0.2) is 24.8 Å². The second kappa shape index (κ2) is 11.6. The molecule has 0 spiro atoms. The molecule has 2 aromatic heterocycles. The van der Waals surface area contributed by atoms with E-state index in [1.165, 1.54) is 0 Å². The zero-order valence-electron chi connectivity index (χ0n) is 16.6. The molecular weight excluding hydrogens is 384 g/mol. The van der Waals surface area contributed by atoms with Crippen LogP contribution in [0.2, 0.25) is 0 Å². The van der Waals surface area contributed by atoms with E-state index in [-0.39, 0.29) is 13.2 Å². The third kappa shape index (κ3) is 7.57. The van der Waals surface area contributed by atoms with E-state index in [1.807, 2.05) is 49.1 Å². The number of hydrogen-bond donors (Lipinski definition) is 4. The van der Waals surface area contributed by atoms with Gasteiger partial charge >= 0.3 is 0 Å². The molecule has 0 fully saturated rings. The highest BCUT2D eigenvalue weighted by molar-refractivity contribution is 5.40. The fourth-order valence-corrected chi connectivity index (χ4v) is 2.62. The molecule has 0 saturated heterocycles. The second-order valence-corrected chi connectivity index (χ2v) is 6.74. The van der Waals surface area contributed by atoms with Crippen LogP contribution in [0.25, 0.3) is 0 Å². The number of aromatic nitrogens is 2. The minimum Gasteiger partial charge on any atom is -0.491 e. The Balaban J connectivity index is 1.33. The lowest BCUT2D eigenvalue weighted by Gasteiger charge is -2.15. The molecule has 0 saturated carbocycles. The maximum atomic E-state index is 10.0. The minimum atomic E-state index is -0.643. The summed E-state index contributed by atoms with van der Waals surface area (Å²) in [6, 6.07) is 14.6. The zero-order valence-corrected chi connectivity index (χ0v) is 16.6. The summed E-state index contributed by atoms with van der Waals surface area (Å²) in [6.45, 7) is 1.12. The van der Waals surface area contributed by atoms with Crippen molar-refractivity contribution in [1.82, 2.24) is 0 Å². The molecule has 2 heterocycles. The highest BCUT2D eigenvalue weighted by Crippen LogP contribution is 2.18. The SMILES string of the molecule is O[C@H](CNc1cc[nH+]cc1)COc1ccc(OC[C@H](O)CNc2cc[nH+]cc2)cc1. The number of aliphatic hydroxyl groups excluding tert-OH is 2. The predicted molar refractivity (Wildman–Crippen MR) is 112 cm³/mol. The van der Waals surface area contributed by atoms with Gasteiger partial charge in [0.25, 0.3) is 0 Å². The molecule has 30 heavy (non-hydrogen) atoms. The highest BCUT2D eigenvalue weighted by Gasteiger charge is 2.08. The van der Waals surface area contributed by atoms with Gasteiger partial charge in [0.05, 0.1) is 0 Å². The molecule has 0 amide bonds. The predicted octanol–water partition coefficient (Wildman–Crippen LogP) is 1.02. The summed E-state index contributed by atoms with van der Waals surface area (Å²) in [4.78, 5) is 5.89. The van der Waals surface area contributed by atoms with E-state index < -0.39 is 12.2 Å². The van der Waals surface area contributed by atoms with E-state index in [1.54, 1.807) is 24.3 Å². The van der Waals surface area contributed by atoms with Gasteiger partial charge in [-0.1, -0.05) is 0 Å².